The van der Waals surface area contributed by atoms with Crippen LogP contribution in [-0.4, -0.2) is 28.5 Å². The summed E-state index contributed by atoms with van der Waals surface area (Å²) in [5.41, 5.74) is 0. The molecule has 0 saturated carbocycles. The lowest BCUT2D eigenvalue weighted by molar-refractivity contribution is 0.428. The first-order valence-electron chi connectivity index (χ1n) is 6.24. The molecule has 0 aliphatic rings. The standard InChI is InChI=1S/C12H23N3OS/c1-9(2)5-6-10(3)13-7-8-17-12-15-14-11(4)16-12/h9-10,13H,5-8H2,1-4H3. The molecule has 0 aliphatic heterocycles. The molecule has 0 fully saturated rings. The molecule has 0 spiro atoms. The minimum atomic E-state index is 0.586. The van der Waals surface area contributed by atoms with Gasteiger partial charge in [0.05, 0.1) is 0 Å². The maximum Gasteiger partial charge on any atom is 0.276 e. The fourth-order valence-electron chi connectivity index (χ4n) is 1.47. The largest absolute Gasteiger partial charge is 0.416 e. The van der Waals surface area contributed by atoms with Gasteiger partial charge in [-0.3, -0.25) is 0 Å². The molecule has 0 radical (unpaired) electrons. The number of thioether (sulfide) groups is 1. The zero-order valence-corrected chi connectivity index (χ0v) is 12.0. The first-order valence-corrected chi connectivity index (χ1v) is 7.22. The van der Waals surface area contributed by atoms with Crippen molar-refractivity contribution in [3.63, 3.8) is 0 Å². The highest BCUT2D eigenvalue weighted by molar-refractivity contribution is 7.99. The van der Waals surface area contributed by atoms with Crippen molar-refractivity contribution >= 4 is 11.8 Å². The zero-order valence-electron chi connectivity index (χ0n) is 11.2. The number of hydrogen-bond acceptors (Lipinski definition) is 5. The minimum Gasteiger partial charge on any atom is -0.416 e. The fraction of sp³-hybridized carbons (Fsp3) is 0.833. The van der Waals surface area contributed by atoms with E-state index in [2.05, 4.69) is 36.3 Å². The monoisotopic (exact) mass is 257 g/mol. The summed E-state index contributed by atoms with van der Waals surface area (Å²) in [6.45, 7) is 9.56. The summed E-state index contributed by atoms with van der Waals surface area (Å²) in [5.74, 6) is 2.38. The minimum absolute atomic E-state index is 0.586. The third-order valence-corrected chi connectivity index (χ3v) is 3.33. The molecule has 1 atom stereocenters. The Morgan fingerprint density at radius 1 is 1.24 bits per heavy atom. The van der Waals surface area contributed by atoms with Gasteiger partial charge in [-0.2, -0.15) is 0 Å². The van der Waals surface area contributed by atoms with E-state index in [1.807, 2.05) is 6.92 Å². The molecule has 0 bridgehead atoms. The number of nitrogens with one attached hydrogen (secondary N) is 1. The predicted molar refractivity (Wildman–Crippen MR) is 71.3 cm³/mol. The van der Waals surface area contributed by atoms with Crippen molar-refractivity contribution in [2.24, 2.45) is 5.92 Å². The average molecular weight is 257 g/mol. The molecule has 5 heteroatoms. The molecule has 0 aromatic carbocycles. The van der Waals surface area contributed by atoms with Crippen molar-refractivity contribution in [3.8, 4) is 0 Å². The van der Waals surface area contributed by atoms with Crippen molar-refractivity contribution in [3.05, 3.63) is 5.89 Å². The molecule has 1 aromatic heterocycles. The van der Waals surface area contributed by atoms with Crippen molar-refractivity contribution in [2.75, 3.05) is 12.3 Å². The summed E-state index contributed by atoms with van der Waals surface area (Å²) < 4.78 is 5.28. The number of aromatic nitrogens is 2. The molecular formula is C12H23N3OS. The van der Waals surface area contributed by atoms with E-state index in [0.29, 0.717) is 17.2 Å². The first-order chi connectivity index (χ1) is 8.08. The molecule has 0 amide bonds. The number of aryl methyl sites for hydroxylation is 1. The lowest BCUT2D eigenvalue weighted by Gasteiger charge is -2.14. The van der Waals surface area contributed by atoms with E-state index in [9.17, 15) is 0 Å². The molecule has 1 rings (SSSR count). The molecule has 1 unspecified atom stereocenters. The Hall–Kier alpha value is -0.550. The molecular weight excluding hydrogens is 234 g/mol. The second-order valence-electron chi connectivity index (χ2n) is 4.76. The predicted octanol–water partition coefficient (Wildman–Crippen LogP) is 2.88. The Kier molecular flexibility index (Phi) is 6.58. The van der Waals surface area contributed by atoms with Gasteiger partial charge >= 0.3 is 0 Å². The van der Waals surface area contributed by atoms with Gasteiger partial charge in [0.1, 0.15) is 0 Å². The summed E-state index contributed by atoms with van der Waals surface area (Å²) in [6.07, 6.45) is 2.52. The van der Waals surface area contributed by atoms with Gasteiger partial charge in [0, 0.05) is 25.3 Å². The lowest BCUT2D eigenvalue weighted by Crippen LogP contribution is -2.28. The van der Waals surface area contributed by atoms with E-state index >= 15 is 0 Å². The van der Waals surface area contributed by atoms with Crippen LogP contribution in [0.15, 0.2) is 9.64 Å². The van der Waals surface area contributed by atoms with E-state index in [0.717, 1.165) is 18.2 Å². The summed E-state index contributed by atoms with van der Waals surface area (Å²) in [7, 11) is 0. The SMILES string of the molecule is Cc1nnc(SCCNC(C)CCC(C)C)o1. The lowest BCUT2D eigenvalue weighted by atomic mass is 10.0. The van der Waals surface area contributed by atoms with Gasteiger partial charge in [0.25, 0.3) is 5.22 Å². The Morgan fingerprint density at radius 2 is 2.00 bits per heavy atom. The highest BCUT2D eigenvalue weighted by atomic mass is 32.2. The van der Waals surface area contributed by atoms with Crippen LogP contribution in [0.2, 0.25) is 0 Å². The van der Waals surface area contributed by atoms with Crippen LogP contribution in [0.3, 0.4) is 0 Å². The Balaban J connectivity index is 2.03. The van der Waals surface area contributed by atoms with E-state index in [-0.39, 0.29) is 0 Å². The van der Waals surface area contributed by atoms with Gasteiger partial charge in [-0.05, 0) is 25.7 Å². The topological polar surface area (TPSA) is 51.0 Å². The average Bonchev–Trinajstić information content (AvgIpc) is 2.68. The highest BCUT2D eigenvalue weighted by Gasteiger charge is 2.05. The van der Waals surface area contributed by atoms with Crippen LogP contribution in [0.25, 0.3) is 0 Å². The fourth-order valence-corrected chi connectivity index (χ4v) is 2.14. The maximum atomic E-state index is 5.28. The summed E-state index contributed by atoms with van der Waals surface area (Å²) in [6, 6.07) is 0.586. The van der Waals surface area contributed by atoms with E-state index in [1.54, 1.807) is 11.8 Å². The van der Waals surface area contributed by atoms with Crippen LogP contribution in [0.5, 0.6) is 0 Å². The number of rotatable bonds is 8. The van der Waals surface area contributed by atoms with Crippen molar-refractivity contribution in [1.29, 1.82) is 0 Å². The van der Waals surface area contributed by atoms with Crippen LogP contribution in [-0.2, 0) is 0 Å². The zero-order chi connectivity index (χ0) is 12.7. The normalized spacial score (nSPS) is 13.2. The molecule has 4 nitrogen and oxygen atoms in total. The van der Waals surface area contributed by atoms with Gasteiger partial charge < -0.3 is 9.73 Å². The number of nitrogens with zero attached hydrogens (tertiary/aromatic N) is 2. The van der Waals surface area contributed by atoms with Crippen molar-refractivity contribution < 1.29 is 4.42 Å². The Labute approximate surface area is 108 Å². The van der Waals surface area contributed by atoms with Crippen LogP contribution in [0.1, 0.15) is 39.5 Å². The second-order valence-corrected chi connectivity index (χ2v) is 5.81. The second kappa shape index (κ2) is 7.71. The van der Waals surface area contributed by atoms with Gasteiger partial charge in [-0.15, -0.1) is 10.2 Å². The van der Waals surface area contributed by atoms with Gasteiger partial charge in [0.2, 0.25) is 5.89 Å². The van der Waals surface area contributed by atoms with Crippen LogP contribution in [0.4, 0.5) is 0 Å². The van der Waals surface area contributed by atoms with Gasteiger partial charge in [-0.25, -0.2) is 0 Å². The molecule has 17 heavy (non-hydrogen) atoms. The van der Waals surface area contributed by atoms with Crippen LogP contribution < -0.4 is 5.32 Å². The smallest absolute Gasteiger partial charge is 0.276 e. The van der Waals surface area contributed by atoms with E-state index in [1.165, 1.54) is 12.8 Å². The molecule has 1 N–H and O–H groups in total. The Bertz CT molecular complexity index is 314. The van der Waals surface area contributed by atoms with Gasteiger partial charge in [0.15, 0.2) is 0 Å². The molecule has 0 saturated heterocycles. The molecule has 98 valence electrons. The third kappa shape index (κ3) is 6.68. The molecule has 1 heterocycles. The van der Waals surface area contributed by atoms with Crippen LogP contribution >= 0.6 is 11.8 Å². The Morgan fingerprint density at radius 3 is 2.59 bits per heavy atom. The summed E-state index contributed by atoms with van der Waals surface area (Å²) >= 11 is 1.60. The van der Waals surface area contributed by atoms with Gasteiger partial charge in [-0.1, -0.05) is 25.6 Å². The molecule has 1 aromatic rings. The quantitative estimate of drug-likeness (QED) is 0.573. The highest BCUT2D eigenvalue weighted by Crippen LogP contribution is 2.14. The summed E-state index contributed by atoms with van der Waals surface area (Å²) in [4.78, 5) is 0. The van der Waals surface area contributed by atoms with Crippen molar-refractivity contribution in [1.82, 2.24) is 15.5 Å². The first kappa shape index (κ1) is 14.5. The third-order valence-electron chi connectivity index (χ3n) is 2.50. The van der Waals surface area contributed by atoms with E-state index < -0.39 is 0 Å². The summed E-state index contributed by atoms with van der Waals surface area (Å²) in [5, 5.41) is 11.9. The maximum absolute atomic E-state index is 5.28. The van der Waals surface area contributed by atoms with Crippen LogP contribution in [0, 0.1) is 12.8 Å². The molecule has 0 aliphatic carbocycles. The number of hydrogen-bond donors (Lipinski definition) is 1. The van der Waals surface area contributed by atoms with Crippen molar-refractivity contribution in [2.45, 2.75) is 51.8 Å². The van der Waals surface area contributed by atoms with E-state index in [4.69, 9.17) is 4.42 Å².